The predicted molar refractivity (Wildman–Crippen MR) is 74.6 cm³/mol. The third-order valence-electron chi connectivity index (χ3n) is 3.60. The number of nitrogens with zero attached hydrogens (tertiary/aromatic N) is 1. The minimum atomic E-state index is 0.456. The van der Waals surface area contributed by atoms with Crippen LogP contribution in [0.5, 0.6) is 0 Å². The highest BCUT2D eigenvalue weighted by Gasteiger charge is 2.27. The lowest BCUT2D eigenvalue weighted by Crippen LogP contribution is -2.35. The van der Waals surface area contributed by atoms with E-state index in [-0.39, 0.29) is 0 Å². The maximum Gasteiger partial charge on any atom is 0.0342 e. The molecular weight excluding hydrogens is 230 g/mol. The zero-order chi connectivity index (χ0) is 12.1. The molecule has 0 heterocycles. The first kappa shape index (κ1) is 12.9. The number of rotatable bonds is 6. The summed E-state index contributed by atoms with van der Waals surface area (Å²) < 4.78 is 0. The van der Waals surface area contributed by atoms with Gasteiger partial charge in [0.25, 0.3) is 0 Å². The fourth-order valence-electron chi connectivity index (χ4n) is 2.53. The van der Waals surface area contributed by atoms with Crippen molar-refractivity contribution in [1.29, 1.82) is 0 Å². The van der Waals surface area contributed by atoms with E-state index in [2.05, 4.69) is 42.3 Å². The number of hydrogen-bond acceptors (Lipinski definition) is 1. The molecule has 1 saturated carbocycles. The Bertz CT molecular complexity index is 319. The molecule has 0 unspecified atom stereocenters. The van der Waals surface area contributed by atoms with E-state index in [4.69, 9.17) is 11.6 Å². The molecule has 0 bridgehead atoms. The van der Waals surface area contributed by atoms with E-state index in [1.807, 2.05) is 0 Å². The zero-order valence-corrected chi connectivity index (χ0v) is 11.4. The van der Waals surface area contributed by atoms with Crippen LogP contribution in [-0.4, -0.2) is 30.4 Å². The average Bonchev–Trinajstić information content (AvgIpc) is 2.28. The largest absolute Gasteiger partial charge is 0.306 e. The second kappa shape index (κ2) is 6.42. The first-order valence-electron chi connectivity index (χ1n) is 6.60. The Labute approximate surface area is 110 Å². The molecule has 0 saturated heterocycles. The maximum absolute atomic E-state index is 5.99. The molecule has 2 heteroatoms. The first-order chi connectivity index (χ1) is 8.24. The van der Waals surface area contributed by atoms with E-state index >= 15 is 0 Å². The summed E-state index contributed by atoms with van der Waals surface area (Å²) in [5.41, 5.74) is 1.45. The predicted octanol–water partition coefficient (Wildman–Crippen LogP) is 3.57. The molecule has 1 nitrogen and oxygen atoms in total. The van der Waals surface area contributed by atoms with Crippen molar-refractivity contribution in [3.63, 3.8) is 0 Å². The molecule has 0 amide bonds. The van der Waals surface area contributed by atoms with Crippen LogP contribution in [0, 0.1) is 5.92 Å². The van der Waals surface area contributed by atoms with Gasteiger partial charge >= 0.3 is 0 Å². The van der Waals surface area contributed by atoms with E-state index in [1.165, 1.54) is 44.3 Å². The molecule has 1 aromatic rings. The number of alkyl halides is 1. The third-order valence-corrected chi connectivity index (χ3v) is 3.95. The summed E-state index contributed by atoms with van der Waals surface area (Å²) in [6.45, 7) is 2.41. The molecule has 1 aliphatic carbocycles. The first-order valence-corrected chi connectivity index (χ1v) is 7.04. The number of halogens is 1. The Morgan fingerprint density at radius 1 is 1.24 bits per heavy atom. The fraction of sp³-hybridized carbons (Fsp3) is 0.600. The molecule has 0 N–H and O–H groups in total. The van der Waals surface area contributed by atoms with Gasteiger partial charge in [-0.05, 0) is 50.8 Å². The lowest BCUT2D eigenvalue weighted by Gasteiger charge is -2.34. The van der Waals surface area contributed by atoms with Crippen LogP contribution < -0.4 is 0 Å². The normalized spacial score (nSPS) is 23.7. The summed E-state index contributed by atoms with van der Waals surface area (Å²) in [4.78, 5) is 2.45. The maximum atomic E-state index is 5.99. The summed E-state index contributed by atoms with van der Waals surface area (Å²) in [5.74, 6) is 0.847. The standard InChI is InChI=1S/C15H22ClN/c1-17(12-14-10-15(16)11-14)9-5-8-13-6-3-2-4-7-13/h2-4,6-7,14-15H,5,8-12H2,1H3. The van der Waals surface area contributed by atoms with Crippen molar-refractivity contribution in [3.8, 4) is 0 Å². The van der Waals surface area contributed by atoms with Crippen LogP contribution in [0.25, 0.3) is 0 Å². The van der Waals surface area contributed by atoms with E-state index < -0.39 is 0 Å². The van der Waals surface area contributed by atoms with Crippen LogP contribution >= 0.6 is 11.6 Å². The van der Waals surface area contributed by atoms with Crippen LogP contribution in [0.3, 0.4) is 0 Å². The minimum Gasteiger partial charge on any atom is -0.306 e. The average molecular weight is 252 g/mol. The van der Waals surface area contributed by atoms with Crippen molar-refractivity contribution in [2.75, 3.05) is 20.1 Å². The molecule has 1 aromatic carbocycles. The molecule has 0 spiro atoms. The Balaban J connectivity index is 1.58. The molecule has 0 aliphatic heterocycles. The monoisotopic (exact) mass is 251 g/mol. The van der Waals surface area contributed by atoms with Crippen LogP contribution in [0.1, 0.15) is 24.8 Å². The van der Waals surface area contributed by atoms with E-state index in [0.29, 0.717) is 5.38 Å². The van der Waals surface area contributed by atoms with Gasteiger partial charge in [-0.2, -0.15) is 0 Å². The van der Waals surface area contributed by atoms with Gasteiger partial charge in [-0.15, -0.1) is 11.6 Å². The third kappa shape index (κ3) is 4.33. The van der Waals surface area contributed by atoms with E-state index in [0.717, 1.165) is 5.92 Å². The van der Waals surface area contributed by atoms with Gasteiger partial charge in [-0.1, -0.05) is 30.3 Å². The number of aryl methyl sites for hydroxylation is 1. The Morgan fingerprint density at radius 2 is 1.94 bits per heavy atom. The summed E-state index contributed by atoms with van der Waals surface area (Å²) >= 11 is 5.99. The SMILES string of the molecule is CN(CCCc1ccccc1)CC1CC(Cl)C1. The fourth-order valence-corrected chi connectivity index (χ4v) is 3.04. The van der Waals surface area contributed by atoms with Crippen LogP contribution in [-0.2, 0) is 6.42 Å². The van der Waals surface area contributed by atoms with Crippen molar-refractivity contribution >= 4 is 11.6 Å². The second-order valence-corrected chi connectivity index (χ2v) is 5.90. The van der Waals surface area contributed by atoms with Gasteiger partial charge in [0.1, 0.15) is 0 Å². The van der Waals surface area contributed by atoms with Crippen molar-refractivity contribution in [2.45, 2.75) is 31.1 Å². The van der Waals surface area contributed by atoms with Crippen LogP contribution in [0.4, 0.5) is 0 Å². The Morgan fingerprint density at radius 3 is 2.59 bits per heavy atom. The second-order valence-electron chi connectivity index (χ2n) is 5.29. The number of hydrogen-bond donors (Lipinski definition) is 0. The summed E-state index contributed by atoms with van der Waals surface area (Å²) in [6.07, 6.45) is 4.86. The highest BCUT2D eigenvalue weighted by Crippen LogP contribution is 2.32. The molecular formula is C15H22ClN. The lowest BCUT2D eigenvalue weighted by molar-refractivity contribution is 0.208. The highest BCUT2D eigenvalue weighted by atomic mass is 35.5. The molecule has 1 aliphatic rings. The topological polar surface area (TPSA) is 3.24 Å². The Hall–Kier alpha value is -0.530. The van der Waals surface area contributed by atoms with Gasteiger partial charge in [0.15, 0.2) is 0 Å². The number of benzene rings is 1. The van der Waals surface area contributed by atoms with Gasteiger partial charge in [-0.25, -0.2) is 0 Å². The molecule has 0 aromatic heterocycles. The molecule has 0 radical (unpaired) electrons. The van der Waals surface area contributed by atoms with Gasteiger partial charge in [0.05, 0.1) is 0 Å². The van der Waals surface area contributed by atoms with Gasteiger partial charge in [0.2, 0.25) is 0 Å². The lowest BCUT2D eigenvalue weighted by atomic mass is 9.84. The zero-order valence-electron chi connectivity index (χ0n) is 10.6. The van der Waals surface area contributed by atoms with Gasteiger partial charge < -0.3 is 4.90 Å². The van der Waals surface area contributed by atoms with Gasteiger partial charge in [0, 0.05) is 11.9 Å². The molecule has 1 fully saturated rings. The molecule has 0 atom stereocenters. The molecule has 2 rings (SSSR count). The summed E-state index contributed by atoms with van der Waals surface area (Å²) in [5, 5.41) is 0.456. The van der Waals surface area contributed by atoms with Gasteiger partial charge in [-0.3, -0.25) is 0 Å². The summed E-state index contributed by atoms with van der Waals surface area (Å²) in [6, 6.07) is 10.7. The highest BCUT2D eigenvalue weighted by molar-refractivity contribution is 6.21. The van der Waals surface area contributed by atoms with Crippen LogP contribution in [0.15, 0.2) is 30.3 Å². The minimum absolute atomic E-state index is 0.456. The quantitative estimate of drug-likeness (QED) is 0.699. The van der Waals surface area contributed by atoms with E-state index in [9.17, 15) is 0 Å². The Kier molecular flexibility index (Phi) is 4.87. The van der Waals surface area contributed by atoms with E-state index in [1.54, 1.807) is 0 Å². The van der Waals surface area contributed by atoms with Crippen molar-refractivity contribution in [1.82, 2.24) is 4.90 Å². The molecule has 17 heavy (non-hydrogen) atoms. The van der Waals surface area contributed by atoms with Crippen LogP contribution in [0.2, 0.25) is 0 Å². The van der Waals surface area contributed by atoms with Crippen molar-refractivity contribution < 1.29 is 0 Å². The van der Waals surface area contributed by atoms with Crippen molar-refractivity contribution in [3.05, 3.63) is 35.9 Å². The molecule has 94 valence electrons. The van der Waals surface area contributed by atoms with Crippen molar-refractivity contribution in [2.24, 2.45) is 5.92 Å². The smallest absolute Gasteiger partial charge is 0.0342 e. The summed E-state index contributed by atoms with van der Waals surface area (Å²) in [7, 11) is 2.23.